The zero-order valence-corrected chi connectivity index (χ0v) is 15.5. The number of rotatable bonds is 6. The fourth-order valence-corrected chi connectivity index (χ4v) is 3.03. The van der Waals surface area contributed by atoms with Gasteiger partial charge in [0.25, 0.3) is 0 Å². The SMILES string of the molecule is COc1ccc(CCC(=O)Nc2cc(N3CCOCC3)ccc2C)cc1. The van der Waals surface area contributed by atoms with E-state index in [-0.39, 0.29) is 5.91 Å². The Labute approximate surface area is 154 Å². The van der Waals surface area contributed by atoms with Crippen LogP contribution in [-0.4, -0.2) is 39.3 Å². The maximum absolute atomic E-state index is 12.4. The third-order valence-electron chi connectivity index (χ3n) is 4.67. The molecule has 2 aromatic carbocycles. The van der Waals surface area contributed by atoms with Gasteiger partial charge in [-0.1, -0.05) is 18.2 Å². The van der Waals surface area contributed by atoms with E-state index in [1.807, 2.05) is 31.2 Å². The highest BCUT2D eigenvalue weighted by molar-refractivity contribution is 5.92. The van der Waals surface area contributed by atoms with Crippen LogP contribution in [0.15, 0.2) is 42.5 Å². The van der Waals surface area contributed by atoms with Crippen LogP contribution >= 0.6 is 0 Å². The van der Waals surface area contributed by atoms with Crippen molar-refractivity contribution in [3.63, 3.8) is 0 Å². The molecule has 2 aromatic rings. The molecule has 1 aliphatic heterocycles. The highest BCUT2D eigenvalue weighted by Crippen LogP contribution is 2.24. The Morgan fingerprint density at radius 1 is 1.15 bits per heavy atom. The van der Waals surface area contributed by atoms with Gasteiger partial charge in [-0.2, -0.15) is 0 Å². The average molecular weight is 354 g/mol. The lowest BCUT2D eigenvalue weighted by Gasteiger charge is -2.29. The smallest absolute Gasteiger partial charge is 0.224 e. The largest absolute Gasteiger partial charge is 0.497 e. The van der Waals surface area contributed by atoms with E-state index in [4.69, 9.17) is 9.47 Å². The highest BCUT2D eigenvalue weighted by atomic mass is 16.5. The number of benzene rings is 2. The number of nitrogens with one attached hydrogen (secondary N) is 1. The molecular weight excluding hydrogens is 328 g/mol. The molecule has 3 rings (SSSR count). The number of aryl methyl sites for hydroxylation is 2. The summed E-state index contributed by atoms with van der Waals surface area (Å²) >= 11 is 0. The molecule has 1 amide bonds. The quantitative estimate of drug-likeness (QED) is 0.864. The fraction of sp³-hybridized carbons (Fsp3) is 0.381. The predicted molar refractivity (Wildman–Crippen MR) is 104 cm³/mol. The molecule has 1 saturated heterocycles. The summed E-state index contributed by atoms with van der Waals surface area (Å²) in [5, 5.41) is 3.06. The van der Waals surface area contributed by atoms with Crippen LogP contribution in [0.1, 0.15) is 17.5 Å². The van der Waals surface area contributed by atoms with Crippen molar-refractivity contribution >= 4 is 17.3 Å². The average Bonchev–Trinajstić information content (AvgIpc) is 2.69. The summed E-state index contributed by atoms with van der Waals surface area (Å²) in [7, 11) is 1.65. The van der Waals surface area contributed by atoms with Crippen LogP contribution in [0.4, 0.5) is 11.4 Å². The molecule has 1 heterocycles. The Balaban J connectivity index is 1.59. The summed E-state index contributed by atoms with van der Waals surface area (Å²) in [5.41, 5.74) is 4.21. The second-order valence-corrected chi connectivity index (χ2v) is 6.49. The Hall–Kier alpha value is -2.53. The number of morpholine rings is 1. The van der Waals surface area contributed by atoms with Crippen molar-refractivity contribution in [3.8, 4) is 5.75 Å². The number of anilines is 2. The third-order valence-corrected chi connectivity index (χ3v) is 4.67. The van der Waals surface area contributed by atoms with Crippen LogP contribution < -0.4 is 15.0 Å². The minimum absolute atomic E-state index is 0.0306. The number of carbonyl (C=O) groups excluding carboxylic acids is 1. The molecule has 1 aliphatic rings. The van der Waals surface area contributed by atoms with Crippen molar-refractivity contribution in [3.05, 3.63) is 53.6 Å². The van der Waals surface area contributed by atoms with E-state index in [0.29, 0.717) is 12.8 Å². The number of hydrogen-bond acceptors (Lipinski definition) is 4. The predicted octanol–water partition coefficient (Wildman–Crippen LogP) is 3.41. The van der Waals surface area contributed by atoms with Gasteiger partial charge in [-0.25, -0.2) is 0 Å². The van der Waals surface area contributed by atoms with E-state index in [1.54, 1.807) is 7.11 Å². The highest BCUT2D eigenvalue weighted by Gasteiger charge is 2.13. The van der Waals surface area contributed by atoms with Crippen LogP contribution in [0.2, 0.25) is 0 Å². The van der Waals surface area contributed by atoms with E-state index < -0.39 is 0 Å². The Morgan fingerprint density at radius 2 is 1.88 bits per heavy atom. The van der Waals surface area contributed by atoms with Gasteiger partial charge in [0, 0.05) is 30.9 Å². The molecule has 0 atom stereocenters. The van der Waals surface area contributed by atoms with Crippen LogP contribution in [-0.2, 0) is 16.0 Å². The number of hydrogen-bond donors (Lipinski definition) is 1. The monoisotopic (exact) mass is 354 g/mol. The molecule has 1 fully saturated rings. The van der Waals surface area contributed by atoms with Gasteiger partial charge in [0.05, 0.1) is 20.3 Å². The first-order valence-corrected chi connectivity index (χ1v) is 9.02. The van der Waals surface area contributed by atoms with Gasteiger partial charge < -0.3 is 19.7 Å². The molecule has 0 bridgehead atoms. The molecule has 0 radical (unpaired) electrons. The van der Waals surface area contributed by atoms with E-state index in [9.17, 15) is 4.79 Å². The van der Waals surface area contributed by atoms with Crippen LogP contribution in [0.25, 0.3) is 0 Å². The molecule has 26 heavy (non-hydrogen) atoms. The number of nitrogens with zero attached hydrogens (tertiary/aromatic N) is 1. The first-order chi connectivity index (χ1) is 12.7. The van der Waals surface area contributed by atoms with Gasteiger partial charge in [0.2, 0.25) is 5.91 Å². The van der Waals surface area contributed by atoms with Crippen molar-refractivity contribution in [2.75, 3.05) is 43.6 Å². The van der Waals surface area contributed by atoms with E-state index in [1.165, 1.54) is 0 Å². The van der Waals surface area contributed by atoms with Gasteiger partial charge >= 0.3 is 0 Å². The van der Waals surface area contributed by atoms with E-state index >= 15 is 0 Å². The molecule has 1 N–H and O–H groups in total. The van der Waals surface area contributed by atoms with Gasteiger partial charge in [-0.3, -0.25) is 4.79 Å². The Bertz CT molecular complexity index is 737. The fourth-order valence-electron chi connectivity index (χ4n) is 3.03. The van der Waals surface area contributed by atoms with Crippen molar-refractivity contribution in [1.82, 2.24) is 0 Å². The lowest BCUT2D eigenvalue weighted by Crippen LogP contribution is -2.36. The molecule has 0 unspecified atom stereocenters. The maximum atomic E-state index is 12.4. The Morgan fingerprint density at radius 3 is 2.58 bits per heavy atom. The lowest BCUT2D eigenvalue weighted by molar-refractivity contribution is -0.116. The Kier molecular flexibility index (Phi) is 6.12. The number of amides is 1. The lowest BCUT2D eigenvalue weighted by atomic mass is 10.1. The second kappa shape index (κ2) is 8.72. The summed E-state index contributed by atoms with van der Waals surface area (Å²) in [4.78, 5) is 14.7. The minimum Gasteiger partial charge on any atom is -0.497 e. The van der Waals surface area contributed by atoms with Gasteiger partial charge in [-0.15, -0.1) is 0 Å². The molecule has 0 spiro atoms. The molecule has 0 saturated carbocycles. The van der Waals surface area contributed by atoms with Crippen molar-refractivity contribution in [2.24, 2.45) is 0 Å². The van der Waals surface area contributed by atoms with Crippen LogP contribution in [0, 0.1) is 6.92 Å². The van der Waals surface area contributed by atoms with Crippen LogP contribution in [0.3, 0.4) is 0 Å². The molecule has 0 aliphatic carbocycles. The summed E-state index contributed by atoms with van der Waals surface area (Å²) in [5.74, 6) is 0.858. The maximum Gasteiger partial charge on any atom is 0.224 e. The first-order valence-electron chi connectivity index (χ1n) is 9.02. The normalized spacial score (nSPS) is 14.2. The van der Waals surface area contributed by atoms with Crippen molar-refractivity contribution in [1.29, 1.82) is 0 Å². The van der Waals surface area contributed by atoms with E-state index in [0.717, 1.165) is 54.6 Å². The van der Waals surface area contributed by atoms with Gasteiger partial charge in [0.1, 0.15) is 5.75 Å². The van der Waals surface area contributed by atoms with Gasteiger partial charge in [0.15, 0.2) is 0 Å². The molecule has 0 aromatic heterocycles. The standard InChI is InChI=1S/C21H26N2O3/c1-16-3-7-18(23-11-13-26-14-12-23)15-20(16)22-21(24)10-6-17-4-8-19(25-2)9-5-17/h3-5,7-9,15H,6,10-14H2,1-2H3,(H,22,24). The molecule has 138 valence electrons. The van der Waals surface area contributed by atoms with Crippen molar-refractivity contribution < 1.29 is 14.3 Å². The second-order valence-electron chi connectivity index (χ2n) is 6.49. The summed E-state index contributed by atoms with van der Waals surface area (Å²) in [6, 6.07) is 14.1. The number of carbonyl (C=O) groups is 1. The first kappa shape index (κ1) is 18.3. The van der Waals surface area contributed by atoms with E-state index in [2.05, 4.69) is 28.4 Å². The summed E-state index contributed by atoms with van der Waals surface area (Å²) < 4.78 is 10.6. The summed E-state index contributed by atoms with van der Waals surface area (Å²) in [6.07, 6.45) is 1.16. The molecular formula is C21H26N2O3. The zero-order chi connectivity index (χ0) is 18.4. The topological polar surface area (TPSA) is 50.8 Å². The zero-order valence-electron chi connectivity index (χ0n) is 15.5. The van der Waals surface area contributed by atoms with Crippen LogP contribution in [0.5, 0.6) is 5.75 Å². The van der Waals surface area contributed by atoms with Gasteiger partial charge in [-0.05, 0) is 48.7 Å². The minimum atomic E-state index is 0.0306. The summed E-state index contributed by atoms with van der Waals surface area (Å²) in [6.45, 7) is 5.28. The number of ether oxygens (including phenoxy) is 2. The van der Waals surface area contributed by atoms with Crippen molar-refractivity contribution in [2.45, 2.75) is 19.8 Å². The third kappa shape index (κ3) is 4.76. The molecule has 5 heteroatoms. The number of methoxy groups -OCH3 is 1. The molecule has 5 nitrogen and oxygen atoms in total.